The van der Waals surface area contributed by atoms with Crippen LogP contribution in [-0.4, -0.2) is 6.67 Å². The SMILES string of the molecule is Cl.N[C@H](CCF)c1ccc(-c2ccccc2)cc1. The molecule has 0 bridgehead atoms. The molecule has 0 aliphatic heterocycles. The number of hydrogen-bond acceptors (Lipinski definition) is 1. The van der Waals surface area contributed by atoms with E-state index in [9.17, 15) is 4.39 Å². The fourth-order valence-corrected chi connectivity index (χ4v) is 1.84. The van der Waals surface area contributed by atoms with Gasteiger partial charge in [-0.1, -0.05) is 54.6 Å². The van der Waals surface area contributed by atoms with Crippen LogP contribution in [0.1, 0.15) is 18.0 Å². The first-order chi connectivity index (χ1) is 8.31. The van der Waals surface area contributed by atoms with E-state index in [2.05, 4.69) is 12.1 Å². The minimum atomic E-state index is -0.373. The summed E-state index contributed by atoms with van der Waals surface area (Å²) in [5, 5.41) is 0. The lowest BCUT2D eigenvalue weighted by Gasteiger charge is -2.10. The summed E-state index contributed by atoms with van der Waals surface area (Å²) < 4.78 is 12.2. The first-order valence-corrected chi connectivity index (χ1v) is 5.78. The van der Waals surface area contributed by atoms with Crippen LogP contribution in [0.15, 0.2) is 54.6 Å². The highest BCUT2D eigenvalue weighted by Crippen LogP contribution is 2.22. The number of rotatable bonds is 4. The summed E-state index contributed by atoms with van der Waals surface area (Å²) in [6.07, 6.45) is 0.380. The van der Waals surface area contributed by atoms with Crippen molar-refractivity contribution in [2.24, 2.45) is 5.73 Å². The van der Waals surface area contributed by atoms with Crippen LogP contribution in [0.4, 0.5) is 4.39 Å². The maximum absolute atomic E-state index is 12.2. The summed E-state index contributed by atoms with van der Waals surface area (Å²) in [5.74, 6) is 0. The van der Waals surface area contributed by atoms with Gasteiger partial charge in [-0.05, 0) is 23.1 Å². The van der Waals surface area contributed by atoms with Gasteiger partial charge in [-0.15, -0.1) is 12.4 Å². The first-order valence-electron chi connectivity index (χ1n) is 5.78. The lowest BCUT2D eigenvalue weighted by Crippen LogP contribution is -2.10. The summed E-state index contributed by atoms with van der Waals surface area (Å²) in [4.78, 5) is 0. The highest BCUT2D eigenvalue weighted by molar-refractivity contribution is 5.85. The Hall–Kier alpha value is -1.38. The van der Waals surface area contributed by atoms with Crippen LogP contribution in [0.5, 0.6) is 0 Å². The van der Waals surface area contributed by atoms with Crippen LogP contribution in [0.2, 0.25) is 0 Å². The maximum Gasteiger partial charge on any atom is 0.0912 e. The van der Waals surface area contributed by atoms with Gasteiger partial charge in [-0.25, -0.2) is 0 Å². The molecule has 2 N–H and O–H groups in total. The van der Waals surface area contributed by atoms with E-state index in [4.69, 9.17) is 5.73 Å². The molecule has 0 unspecified atom stereocenters. The predicted molar refractivity (Wildman–Crippen MR) is 76.6 cm³/mol. The molecule has 1 atom stereocenters. The number of benzene rings is 2. The average Bonchev–Trinajstić information content (AvgIpc) is 2.40. The highest BCUT2D eigenvalue weighted by Gasteiger charge is 2.05. The zero-order chi connectivity index (χ0) is 12.1. The molecule has 2 aromatic rings. The molecule has 0 amide bonds. The molecule has 0 aromatic heterocycles. The third kappa shape index (κ3) is 3.56. The molecule has 96 valence electrons. The van der Waals surface area contributed by atoms with Gasteiger partial charge in [-0.3, -0.25) is 4.39 Å². The van der Waals surface area contributed by atoms with E-state index in [1.54, 1.807) is 0 Å². The van der Waals surface area contributed by atoms with Crippen molar-refractivity contribution >= 4 is 12.4 Å². The van der Waals surface area contributed by atoms with Crippen molar-refractivity contribution in [3.05, 3.63) is 60.2 Å². The first kappa shape index (κ1) is 14.7. The Morgan fingerprint density at radius 3 is 2.00 bits per heavy atom. The molecule has 0 fully saturated rings. The molecule has 2 aromatic carbocycles. The van der Waals surface area contributed by atoms with Gasteiger partial charge in [0.15, 0.2) is 0 Å². The van der Waals surface area contributed by atoms with E-state index in [0.717, 1.165) is 11.1 Å². The van der Waals surface area contributed by atoms with Crippen LogP contribution in [0.25, 0.3) is 11.1 Å². The second-order valence-corrected chi connectivity index (χ2v) is 4.07. The third-order valence-corrected chi connectivity index (χ3v) is 2.87. The second-order valence-electron chi connectivity index (χ2n) is 4.07. The molecule has 3 heteroatoms. The minimum absolute atomic E-state index is 0. The van der Waals surface area contributed by atoms with Gasteiger partial charge in [-0.2, -0.15) is 0 Å². The molecule has 0 saturated carbocycles. The molecule has 0 heterocycles. The quantitative estimate of drug-likeness (QED) is 0.884. The van der Waals surface area contributed by atoms with Crippen molar-refractivity contribution in [2.45, 2.75) is 12.5 Å². The molecule has 0 spiro atoms. The number of alkyl halides is 1. The Balaban J connectivity index is 0.00000162. The van der Waals surface area contributed by atoms with Gasteiger partial charge in [0.05, 0.1) is 6.67 Å². The Kier molecular flexibility index (Phi) is 5.83. The number of halogens is 2. The fourth-order valence-electron chi connectivity index (χ4n) is 1.84. The van der Waals surface area contributed by atoms with E-state index in [0.29, 0.717) is 6.42 Å². The third-order valence-electron chi connectivity index (χ3n) is 2.87. The summed E-state index contributed by atoms with van der Waals surface area (Å²) in [5.41, 5.74) is 9.18. The molecule has 1 nitrogen and oxygen atoms in total. The average molecular weight is 266 g/mol. The predicted octanol–water partition coefficient (Wildman–Crippen LogP) is 4.13. The van der Waals surface area contributed by atoms with Crippen LogP contribution in [-0.2, 0) is 0 Å². The smallest absolute Gasteiger partial charge is 0.0912 e. The maximum atomic E-state index is 12.2. The fraction of sp³-hybridized carbons (Fsp3) is 0.200. The summed E-state index contributed by atoms with van der Waals surface area (Å²) in [7, 11) is 0. The molecule has 18 heavy (non-hydrogen) atoms. The van der Waals surface area contributed by atoms with Crippen LogP contribution < -0.4 is 5.73 Å². The van der Waals surface area contributed by atoms with E-state index in [1.807, 2.05) is 42.5 Å². The van der Waals surface area contributed by atoms with Crippen molar-refractivity contribution in [2.75, 3.05) is 6.67 Å². The van der Waals surface area contributed by atoms with E-state index in [1.165, 1.54) is 5.56 Å². The summed E-state index contributed by atoms with van der Waals surface area (Å²) >= 11 is 0. The Morgan fingerprint density at radius 1 is 0.889 bits per heavy atom. The molecule has 0 saturated heterocycles. The van der Waals surface area contributed by atoms with Crippen molar-refractivity contribution in [3.63, 3.8) is 0 Å². The lowest BCUT2D eigenvalue weighted by atomic mass is 10.00. The second kappa shape index (κ2) is 7.14. The zero-order valence-electron chi connectivity index (χ0n) is 10.1. The Bertz CT molecular complexity index is 456. The van der Waals surface area contributed by atoms with Crippen molar-refractivity contribution in [3.8, 4) is 11.1 Å². The summed E-state index contributed by atoms with van der Waals surface area (Å²) in [6, 6.07) is 18.0. The molecular formula is C15H17ClFN. The van der Waals surface area contributed by atoms with Crippen molar-refractivity contribution in [1.82, 2.24) is 0 Å². The van der Waals surface area contributed by atoms with Crippen molar-refractivity contribution < 1.29 is 4.39 Å². The topological polar surface area (TPSA) is 26.0 Å². The van der Waals surface area contributed by atoms with Gasteiger partial charge in [0.25, 0.3) is 0 Å². The molecule has 0 aliphatic carbocycles. The number of nitrogens with two attached hydrogens (primary N) is 1. The Morgan fingerprint density at radius 2 is 1.44 bits per heavy atom. The van der Waals surface area contributed by atoms with Gasteiger partial charge in [0, 0.05) is 6.04 Å². The van der Waals surface area contributed by atoms with Crippen LogP contribution >= 0.6 is 12.4 Å². The van der Waals surface area contributed by atoms with E-state index < -0.39 is 0 Å². The minimum Gasteiger partial charge on any atom is -0.324 e. The Labute approximate surface area is 113 Å². The molecule has 0 radical (unpaired) electrons. The van der Waals surface area contributed by atoms with Gasteiger partial charge >= 0.3 is 0 Å². The van der Waals surface area contributed by atoms with Gasteiger partial charge < -0.3 is 5.73 Å². The normalized spacial score (nSPS) is 11.7. The van der Waals surface area contributed by atoms with E-state index in [-0.39, 0.29) is 25.1 Å². The zero-order valence-corrected chi connectivity index (χ0v) is 10.9. The number of hydrogen-bond donors (Lipinski definition) is 1. The van der Waals surface area contributed by atoms with Crippen molar-refractivity contribution in [1.29, 1.82) is 0 Å². The monoisotopic (exact) mass is 265 g/mol. The van der Waals surface area contributed by atoms with Gasteiger partial charge in [0.1, 0.15) is 0 Å². The molecular weight excluding hydrogens is 249 g/mol. The molecule has 2 rings (SSSR count). The van der Waals surface area contributed by atoms with Gasteiger partial charge in [0.2, 0.25) is 0 Å². The van der Waals surface area contributed by atoms with Crippen LogP contribution in [0, 0.1) is 0 Å². The summed E-state index contributed by atoms with van der Waals surface area (Å²) in [6.45, 7) is -0.373. The van der Waals surface area contributed by atoms with Crippen LogP contribution in [0.3, 0.4) is 0 Å². The van der Waals surface area contributed by atoms with E-state index >= 15 is 0 Å². The highest BCUT2D eigenvalue weighted by atomic mass is 35.5. The molecule has 0 aliphatic rings. The standard InChI is InChI=1S/C15H16FN.ClH/c16-11-10-15(17)14-8-6-13(7-9-14)12-4-2-1-3-5-12;/h1-9,15H,10-11,17H2;1H/t15-;/m1./s1. The largest absolute Gasteiger partial charge is 0.324 e. The lowest BCUT2D eigenvalue weighted by molar-refractivity contribution is 0.442.